The van der Waals surface area contributed by atoms with E-state index in [1.807, 2.05) is 0 Å². The lowest BCUT2D eigenvalue weighted by Crippen LogP contribution is -2.82. The van der Waals surface area contributed by atoms with Crippen LogP contribution >= 0.6 is 0 Å². The van der Waals surface area contributed by atoms with Crippen LogP contribution in [-0.2, 0) is 42.8 Å². The largest absolute Gasteiger partial charge is 0.456 e. The van der Waals surface area contributed by atoms with Gasteiger partial charge in [0.2, 0.25) is 0 Å². The van der Waals surface area contributed by atoms with E-state index in [1.54, 1.807) is 97.0 Å². The third-order valence-corrected chi connectivity index (χ3v) is 12.8. The van der Waals surface area contributed by atoms with Gasteiger partial charge in [0.05, 0.1) is 35.6 Å². The van der Waals surface area contributed by atoms with Crippen LogP contribution < -0.4 is 5.32 Å². The summed E-state index contributed by atoms with van der Waals surface area (Å²) in [4.78, 5) is 69.4. The van der Waals surface area contributed by atoms with Crippen LogP contribution in [-0.4, -0.2) is 112 Å². The molecule has 0 spiro atoms. The van der Waals surface area contributed by atoms with Gasteiger partial charge in [-0.25, -0.2) is 14.4 Å². The maximum Gasteiger partial charge on any atom is 0.408 e. The molecule has 15 nitrogen and oxygen atoms in total. The normalized spacial score (nSPS) is 33.3. The van der Waals surface area contributed by atoms with E-state index in [4.69, 9.17) is 28.4 Å². The van der Waals surface area contributed by atoms with Crippen molar-refractivity contribution in [2.45, 2.75) is 128 Å². The zero-order chi connectivity index (χ0) is 43.5. The van der Waals surface area contributed by atoms with Gasteiger partial charge in [-0.2, -0.15) is 0 Å². The Kier molecular flexibility index (Phi) is 11.7. The van der Waals surface area contributed by atoms with Crippen molar-refractivity contribution in [1.29, 1.82) is 0 Å². The van der Waals surface area contributed by atoms with E-state index in [1.165, 1.54) is 26.2 Å². The molecular weight excluding hydrogens is 766 g/mol. The van der Waals surface area contributed by atoms with E-state index in [0.29, 0.717) is 5.56 Å². The molecule has 2 bridgehead atoms. The minimum Gasteiger partial charge on any atom is -0.456 e. The van der Waals surface area contributed by atoms with Crippen LogP contribution in [0.1, 0.15) is 90.2 Å². The number of aliphatic hydroxyl groups is 3. The summed E-state index contributed by atoms with van der Waals surface area (Å²) in [7, 11) is 1.39. The fraction of sp³-hybridized carbons (Fsp3) is 0.568. The molecule has 3 fully saturated rings. The number of hydrogen-bond acceptors (Lipinski definition) is 14. The summed E-state index contributed by atoms with van der Waals surface area (Å²) in [6.45, 7) is 12.2. The quantitative estimate of drug-likeness (QED) is 0.161. The van der Waals surface area contributed by atoms with Crippen LogP contribution in [0.2, 0.25) is 0 Å². The van der Waals surface area contributed by atoms with Gasteiger partial charge in [0.1, 0.15) is 35.6 Å². The zero-order valence-electron chi connectivity index (χ0n) is 34.8. The summed E-state index contributed by atoms with van der Waals surface area (Å²) < 4.78 is 35.9. The third-order valence-electron chi connectivity index (χ3n) is 12.8. The minimum absolute atomic E-state index is 0.00108. The summed E-state index contributed by atoms with van der Waals surface area (Å²) in [5.41, 5.74) is -7.57. The molecule has 0 aromatic heterocycles. The number of amides is 1. The number of alkyl carbamates (subject to hydrolysis) is 1. The smallest absolute Gasteiger partial charge is 0.408 e. The summed E-state index contributed by atoms with van der Waals surface area (Å²) >= 11 is 0. The highest BCUT2D eigenvalue weighted by atomic mass is 16.6. The number of benzene rings is 2. The molecule has 59 heavy (non-hydrogen) atoms. The lowest BCUT2D eigenvalue weighted by Gasteiger charge is -2.67. The average molecular weight is 822 g/mol. The molecule has 3 aliphatic carbocycles. The Hall–Kier alpha value is -4.67. The Morgan fingerprint density at radius 2 is 1.58 bits per heavy atom. The number of carbonyl (C=O) groups excluding carboxylic acids is 5. The number of rotatable bonds is 9. The van der Waals surface area contributed by atoms with E-state index < -0.39 is 112 Å². The Balaban J connectivity index is 1.50. The summed E-state index contributed by atoms with van der Waals surface area (Å²) in [5.74, 6) is -4.98. The van der Waals surface area contributed by atoms with Crippen molar-refractivity contribution in [2.75, 3.05) is 13.7 Å². The number of hydrogen-bond donors (Lipinski definition) is 4. The molecule has 1 amide bonds. The molecule has 2 saturated carbocycles. The number of esters is 3. The van der Waals surface area contributed by atoms with Crippen molar-refractivity contribution in [3.8, 4) is 0 Å². The Morgan fingerprint density at radius 1 is 0.966 bits per heavy atom. The first kappa shape index (κ1) is 43.9. The Labute approximate surface area is 343 Å². The number of aliphatic hydroxyl groups excluding tert-OH is 2. The summed E-state index contributed by atoms with van der Waals surface area (Å²) in [6.07, 6.45) is -10.3. The molecule has 1 aliphatic heterocycles. The van der Waals surface area contributed by atoms with Crippen LogP contribution in [0.4, 0.5) is 4.79 Å². The highest BCUT2D eigenvalue weighted by Crippen LogP contribution is 2.64. The van der Waals surface area contributed by atoms with E-state index in [2.05, 4.69) is 5.32 Å². The first-order chi connectivity index (χ1) is 27.5. The second-order valence-corrected chi connectivity index (χ2v) is 17.8. The van der Waals surface area contributed by atoms with Gasteiger partial charge < -0.3 is 49.1 Å². The topological polar surface area (TPSA) is 213 Å². The molecular formula is C44H55NO14. The predicted octanol–water partition coefficient (Wildman–Crippen LogP) is 3.91. The van der Waals surface area contributed by atoms with Gasteiger partial charge in [-0.1, -0.05) is 62.4 Å². The Bertz CT molecular complexity index is 1990. The van der Waals surface area contributed by atoms with Crippen molar-refractivity contribution >= 4 is 29.8 Å². The van der Waals surface area contributed by atoms with E-state index in [9.17, 15) is 34.5 Å². The number of carbonyl (C=O) groups is 5. The molecule has 2 aromatic rings. The fourth-order valence-corrected chi connectivity index (χ4v) is 9.88. The fourth-order valence-electron chi connectivity index (χ4n) is 9.88. The van der Waals surface area contributed by atoms with Crippen LogP contribution in [0.25, 0.3) is 0 Å². The van der Waals surface area contributed by atoms with Gasteiger partial charge in [0, 0.05) is 32.3 Å². The first-order valence-electron chi connectivity index (χ1n) is 19.7. The van der Waals surface area contributed by atoms with Crippen molar-refractivity contribution < 1.29 is 67.7 Å². The van der Waals surface area contributed by atoms with E-state index in [-0.39, 0.29) is 29.7 Å². The number of ketones is 1. The average Bonchev–Trinajstić information content (AvgIpc) is 3.16. The van der Waals surface area contributed by atoms with Crippen molar-refractivity contribution in [2.24, 2.45) is 16.7 Å². The van der Waals surface area contributed by atoms with Crippen molar-refractivity contribution in [3.05, 3.63) is 82.9 Å². The standard InChI is InChI=1S/C44H55NO14/c1-23-27(56-38(51)33(48)31(25-16-12-10-13-17-25)45-39(52)59-40(3,4)5)21-44(53)36(57-37(50)26-18-14-11-15-19-26)34-42(8,35(49)32(47)30(23)41(44,6)7)28(54-9)20-29-43(34,22-55-29)58-24(2)46/h10-19,27-29,31-34,36,47-48,53H,20-22H2,1-9H3,(H,45,52)/t27?,28-,29?,31-,32+,33+,34-,36-,42+,43-,44+/m0/s1. The van der Waals surface area contributed by atoms with E-state index in [0.717, 1.165) is 0 Å². The lowest BCUT2D eigenvalue weighted by atomic mass is 9.44. The van der Waals surface area contributed by atoms with Crippen LogP contribution in [0.3, 0.4) is 0 Å². The molecule has 320 valence electrons. The van der Waals surface area contributed by atoms with Gasteiger partial charge in [-0.15, -0.1) is 0 Å². The maximum absolute atomic E-state index is 15.2. The second kappa shape index (κ2) is 15.7. The molecule has 15 heteroatoms. The highest BCUT2D eigenvalue weighted by Gasteiger charge is 2.78. The SMILES string of the molecule is CO[C@H]1CC2OC[C@@]2(OC(C)=O)[C@H]2[C@H](OC(=O)c3ccccc3)[C@]3(O)CC(OC(=O)[C@H](O)[C@@H](NC(=O)OC(C)(C)C)c4ccccc4)C(C)=C([C@@H](O)C(=O)[C@]12C)C3(C)C. The highest BCUT2D eigenvalue weighted by molar-refractivity contribution is 5.94. The number of ether oxygens (including phenoxy) is 6. The molecule has 2 unspecified atom stereocenters. The zero-order valence-corrected chi connectivity index (χ0v) is 34.8. The summed E-state index contributed by atoms with van der Waals surface area (Å²) in [6, 6.07) is 14.8. The number of fused-ring (bicyclic) bond motifs is 5. The van der Waals surface area contributed by atoms with Gasteiger partial charge >= 0.3 is 24.0 Å². The van der Waals surface area contributed by atoms with Crippen LogP contribution in [0.15, 0.2) is 71.8 Å². The molecule has 2 aromatic carbocycles. The third kappa shape index (κ3) is 7.45. The molecule has 4 N–H and O–H groups in total. The van der Waals surface area contributed by atoms with Gasteiger partial charge in [-0.05, 0) is 63.5 Å². The predicted molar refractivity (Wildman–Crippen MR) is 208 cm³/mol. The van der Waals surface area contributed by atoms with Gasteiger partial charge in [-0.3, -0.25) is 9.59 Å². The summed E-state index contributed by atoms with van der Waals surface area (Å²) in [5, 5.41) is 40.1. The number of methoxy groups -OCH3 is 1. The molecule has 11 atom stereocenters. The van der Waals surface area contributed by atoms with Gasteiger partial charge in [0.15, 0.2) is 17.5 Å². The van der Waals surface area contributed by atoms with E-state index >= 15 is 4.79 Å². The second-order valence-electron chi connectivity index (χ2n) is 17.8. The monoisotopic (exact) mass is 821 g/mol. The number of nitrogens with one attached hydrogen (secondary N) is 1. The van der Waals surface area contributed by atoms with Crippen molar-refractivity contribution in [3.63, 3.8) is 0 Å². The van der Waals surface area contributed by atoms with Gasteiger partial charge in [0.25, 0.3) is 0 Å². The molecule has 6 rings (SSSR count). The molecule has 1 saturated heterocycles. The van der Waals surface area contributed by atoms with Crippen molar-refractivity contribution in [1.82, 2.24) is 5.32 Å². The lowest BCUT2D eigenvalue weighted by molar-refractivity contribution is -0.347. The molecule has 0 radical (unpaired) electrons. The molecule has 4 aliphatic rings. The first-order valence-corrected chi connectivity index (χ1v) is 19.7. The number of Topliss-reactive ketones (excluding diaryl/α,β-unsaturated/α-hetero) is 1. The molecule has 1 heterocycles. The maximum atomic E-state index is 15.2. The van der Waals surface area contributed by atoms with Crippen LogP contribution in [0.5, 0.6) is 0 Å². The minimum atomic E-state index is -2.30. The Morgan fingerprint density at radius 3 is 2.12 bits per heavy atom. The van der Waals surface area contributed by atoms with Crippen LogP contribution in [0, 0.1) is 16.7 Å².